The van der Waals surface area contributed by atoms with E-state index in [1.54, 1.807) is 40.8 Å². The predicted molar refractivity (Wildman–Crippen MR) is 85.7 cm³/mol. The van der Waals surface area contributed by atoms with Crippen molar-refractivity contribution in [1.29, 1.82) is 0 Å². The van der Waals surface area contributed by atoms with Crippen molar-refractivity contribution in [2.24, 2.45) is 0 Å². The predicted octanol–water partition coefficient (Wildman–Crippen LogP) is 2.68. The molecule has 116 valence electrons. The first kappa shape index (κ1) is 14.8. The van der Waals surface area contributed by atoms with Crippen molar-refractivity contribution in [3.63, 3.8) is 0 Å². The zero-order chi connectivity index (χ0) is 16.4. The maximum Gasteiger partial charge on any atom is 0.339 e. The Kier molecular flexibility index (Phi) is 3.80. The fraction of sp³-hybridized carbons (Fsp3) is 0.118. The number of nitrogens with one attached hydrogen (secondary N) is 1. The molecule has 23 heavy (non-hydrogen) atoms. The van der Waals surface area contributed by atoms with Crippen molar-refractivity contribution in [2.75, 3.05) is 12.4 Å². The number of hydrogen-bond donors (Lipinski definition) is 1. The molecule has 3 aromatic rings. The van der Waals surface area contributed by atoms with Gasteiger partial charge in [0.05, 0.1) is 29.6 Å². The van der Waals surface area contributed by atoms with E-state index in [9.17, 15) is 9.59 Å². The molecule has 0 fully saturated rings. The summed E-state index contributed by atoms with van der Waals surface area (Å²) in [5, 5.41) is 2.75. The summed E-state index contributed by atoms with van der Waals surface area (Å²) in [7, 11) is 1.30. The monoisotopic (exact) mass is 309 g/mol. The van der Waals surface area contributed by atoms with Gasteiger partial charge in [-0.3, -0.25) is 4.79 Å². The van der Waals surface area contributed by atoms with Gasteiger partial charge in [-0.05, 0) is 31.2 Å². The summed E-state index contributed by atoms with van der Waals surface area (Å²) >= 11 is 0. The number of nitrogens with zero attached hydrogens (tertiary/aromatic N) is 2. The van der Waals surface area contributed by atoms with Crippen LogP contribution in [0, 0.1) is 6.92 Å². The van der Waals surface area contributed by atoms with Crippen LogP contribution in [-0.2, 0) is 4.74 Å². The summed E-state index contributed by atoms with van der Waals surface area (Å²) < 4.78 is 6.52. The van der Waals surface area contributed by atoms with E-state index in [4.69, 9.17) is 4.74 Å². The van der Waals surface area contributed by atoms with E-state index < -0.39 is 5.97 Å². The molecule has 0 saturated carbocycles. The molecule has 0 spiro atoms. The Morgan fingerprint density at radius 3 is 2.65 bits per heavy atom. The van der Waals surface area contributed by atoms with Gasteiger partial charge in [0.1, 0.15) is 5.65 Å². The van der Waals surface area contributed by atoms with Gasteiger partial charge < -0.3 is 14.5 Å². The van der Waals surface area contributed by atoms with Crippen LogP contribution in [0.25, 0.3) is 5.65 Å². The molecule has 1 amide bonds. The van der Waals surface area contributed by atoms with Crippen LogP contribution in [0.2, 0.25) is 0 Å². The Labute approximate surface area is 132 Å². The summed E-state index contributed by atoms with van der Waals surface area (Å²) in [6.07, 6.45) is 3.67. The van der Waals surface area contributed by atoms with Crippen molar-refractivity contribution in [2.45, 2.75) is 6.92 Å². The molecule has 0 radical (unpaired) electrons. The van der Waals surface area contributed by atoms with Gasteiger partial charge in [-0.1, -0.05) is 12.1 Å². The molecule has 0 bridgehead atoms. The summed E-state index contributed by atoms with van der Waals surface area (Å²) in [5.41, 5.74) is 2.52. The number of carbonyl (C=O) groups excluding carboxylic acids is 2. The Hall–Kier alpha value is -3.15. The van der Waals surface area contributed by atoms with Crippen LogP contribution < -0.4 is 5.32 Å². The van der Waals surface area contributed by atoms with Crippen molar-refractivity contribution >= 4 is 23.2 Å². The molecule has 3 rings (SSSR count). The van der Waals surface area contributed by atoms with Crippen molar-refractivity contribution in [1.82, 2.24) is 9.38 Å². The molecular formula is C17H15N3O3. The van der Waals surface area contributed by atoms with Crippen LogP contribution in [0.4, 0.5) is 5.69 Å². The lowest BCUT2D eigenvalue weighted by molar-refractivity contribution is 0.0602. The van der Waals surface area contributed by atoms with Crippen LogP contribution in [0.1, 0.15) is 26.4 Å². The number of pyridine rings is 1. The van der Waals surface area contributed by atoms with Crippen molar-refractivity contribution in [3.8, 4) is 0 Å². The average Bonchev–Trinajstić information content (AvgIpc) is 2.94. The molecule has 0 aliphatic carbocycles. The van der Waals surface area contributed by atoms with E-state index in [-0.39, 0.29) is 5.91 Å². The first-order valence-electron chi connectivity index (χ1n) is 7.03. The van der Waals surface area contributed by atoms with E-state index in [2.05, 4.69) is 10.3 Å². The minimum atomic E-state index is -0.504. The number of hydrogen-bond acceptors (Lipinski definition) is 4. The summed E-state index contributed by atoms with van der Waals surface area (Å²) in [6, 6.07) is 10.2. The Morgan fingerprint density at radius 1 is 1.13 bits per heavy atom. The van der Waals surface area contributed by atoms with Crippen LogP contribution in [-0.4, -0.2) is 28.4 Å². The number of aryl methyl sites for hydroxylation is 1. The molecule has 0 saturated heterocycles. The first-order valence-corrected chi connectivity index (χ1v) is 7.03. The second-order valence-corrected chi connectivity index (χ2v) is 5.03. The molecule has 0 atom stereocenters. The normalized spacial score (nSPS) is 10.5. The number of rotatable bonds is 3. The third-order valence-corrected chi connectivity index (χ3v) is 3.43. The lowest BCUT2D eigenvalue weighted by atomic mass is 10.1. The van der Waals surface area contributed by atoms with E-state index in [0.29, 0.717) is 22.5 Å². The Balaban J connectivity index is 1.97. The highest BCUT2D eigenvalue weighted by atomic mass is 16.5. The molecule has 2 aromatic heterocycles. The van der Waals surface area contributed by atoms with E-state index in [1.807, 2.05) is 19.3 Å². The molecular weight excluding hydrogens is 294 g/mol. The Bertz CT molecular complexity index is 899. The summed E-state index contributed by atoms with van der Waals surface area (Å²) in [6.45, 7) is 1.86. The second-order valence-electron chi connectivity index (χ2n) is 5.03. The smallest absolute Gasteiger partial charge is 0.339 e. The minimum Gasteiger partial charge on any atom is -0.465 e. The van der Waals surface area contributed by atoms with Crippen molar-refractivity contribution < 1.29 is 14.3 Å². The average molecular weight is 309 g/mol. The second kappa shape index (κ2) is 5.92. The number of ether oxygens (including phenoxy) is 1. The Morgan fingerprint density at radius 2 is 1.87 bits per heavy atom. The van der Waals surface area contributed by atoms with Gasteiger partial charge in [0.15, 0.2) is 0 Å². The number of fused-ring (bicyclic) bond motifs is 1. The van der Waals surface area contributed by atoms with Crippen molar-refractivity contribution in [3.05, 3.63) is 65.6 Å². The number of esters is 1. The van der Waals surface area contributed by atoms with Gasteiger partial charge in [-0.15, -0.1) is 0 Å². The highest BCUT2D eigenvalue weighted by Gasteiger charge is 2.16. The van der Waals surface area contributed by atoms with Crippen LogP contribution in [0.5, 0.6) is 0 Å². The topological polar surface area (TPSA) is 72.7 Å². The molecule has 0 unspecified atom stereocenters. The van der Waals surface area contributed by atoms with Crippen LogP contribution >= 0.6 is 0 Å². The third kappa shape index (κ3) is 2.78. The zero-order valence-electron chi connectivity index (χ0n) is 12.7. The lowest BCUT2D eigenvalue weighted by Crippen LogP contribution is -2.16. The van der Waals surface area contributed by atoms with Gasteiger partial charge in [-0.2, -0.15) is 0 Å². The van der Waals surface area contributed by atoms with Gasteiger partial charge in [0.25, 0.3) is 5.91 Å². The van der Waals surface area contributed by atoms with E-state index >= 15 is 0 Å². The number of benzene rings is 1. The number of aromatic nitrogens is 2. The third-order valence-electron chi connectivity index (χ3n) is 3.43. The molecule has 0 aliphatic heterocycles. The molecule has 2 heterocycles. The number of amides is 1. The number of imidazole rings is 1. The summed E-state index contributed by atoms with van der Waals surface area (Å²) in [4.78, 5) is 28.7. The maximum absolute atomic E-state index is 12.6. The fourth-order valence-corrected chi connectivity index (χ4v) is 2.38. The van der Waals surface area contributed by atoms with Gasteiger partial charge in [0, 0.05) is 12.4 Å². The first-order chi connectivity index (χ1) is 11.1. The van der Waals surface area contributed by atoms with Crippen LogP contribution in [0.15, 0.2) is 48.8 Å². The van der Waals surface area contributed by atoms with Crippen LogP contribution in [0.3, 0.4) is 0 Å². The van der Waals surface area contributed by atoms with Gasteiger partial charge in [0.2, 0.25) is 0 Å². The zero-order valence-corrected chi connectivity index (χ0v) is 12.7. The minimum absolute atomic E-state index is 0.301. The molecule has 0 aliphatic rings. The molecule has 6 nitrogen and oxygen atoms in total. The quantitative estimate of drug-likeness (QED) is 0.755. The number of methoxy groups -OCH3 is 1. The maximum atomic E-state index is 12.6. The molecule has 6 heteroatoms. The highest BCUT2D eigenvalue weighted by Crippen LogP contribution is 2.18. The summed E-state index contributed by atoms with van der Waals surface area (Å²) in [5.74, 6) is -0.840. The number of anilines is 1. The van der Waals surface area contributed by atoms with E-state index in [1.165, 1.54) is 7.11 Å². The lowest BCUT2D eigenvalue weighted by Gasteiger charge is -2.10. The van der Waals surface area contributed by atoms with Gasteiger partial charge in [-0.25, -0.2) is 9.78 Å². The molecule has 1 aromatic carbocycles. The van der Waals surface area contributed by atoms with E-state index in [0.717, 1.165) is 5.69 Å². The fourth-order valence-electron chi connectivity index (χ4n) is 2.38. The SMILES string of the molecule is COC(=O)c1ccccc1NC(=O)c1cccn2cc(C)nc12. The highest BCUT2D eigenvalue weighted by molar-refractivity contribution is 6.10. The molecule has 1 N–H and O–H groups in total. The van der Waals surface area contributed by atoms with Gasteiger partial charge >= 0.3 is 5.97 Å². The standard InChI is InChI=1S/C17H15N3O3/c1-11-10-20-9-5-7-13(15(20)18-11)16(21)19-14-8-4-3-6-12(14)17(22)23-2/h3-10H,1-2H3,(H,19,21). The number of carbonyl (C=O) groups is 2. The number of para-hydroxylation sites is 1. The largest absolute Gasteiger partial charge is 0.465 e.